The van der Waals surface area contributed by atoms with Crippen LogP contribution in [-0.2, 0) is 11.3 Å². The number of nitrogens with zero attached hydrogens (tertiary/aromatic N) is 1. The molecule has 1 unspecified atom stereocenters. The van der Waals surface area contributed by atoms with E-state index in [1.54, 1.807) is 0 Å². The van der Waals surface area contributed by atoms with Crippen molar-refractivity contribution in [3.05, 3.63) is 29.8 Å². The maximum Gasteiger partial charge on any atom is 0.221 e. The van der Waals surface area contributed by atoms with Gasteiger partial charge in [0, 0.05) is 31.7 Å². The number of hydrogen-bond acceptors (Lipinski definition) is 3. The van der Waals surface area contributed by atoms with E-state index in [0.717, 1.165) is 12.2 Å². The molecule has 1 aromatic carbocycles. The number of nitrogens with one attached hydrogen (secondary N) is 1. The number of amides is 1. The summed E-state index contributed by atoms with van der Waals surface area (Å²) in [5.41, 5.74) is 7.66. The monoisotopic (exact) mass is 235 g/mol. The Kier molecular flexibility index (Phi) is 5.12. The Morgan fingerprint density at radius 3 is 2.47 bits per heavy atom. The second-order valence-corrected chi connectivity index (χ2v) is 4.38. The molecule has 0 aromatic heterocycles. The van der Waals surface area contributed by atoms with Gasteiger partial charge in [-0.1, -0.05) is 12.1 Å². The van der Waals surface area contributed by atoms with Crippen molar-refractivity contribution in [3.63, 3.8) is 0 Å². The molecule has 1 rings (SSSR count). The van der Waals surface area contributed by atoms with Gasteiger partial charge in [-0.25, -0.2) is 0 Å². The van der Waals surface area contributed by atoms with Crippen LogP contribution in [0.4, 0.5) is 5.69 Å². The van der Waals surface area contributed by atoms with Gasteiger partial charge in [0.1, 0.15) is 0 Å². The molecule has 4 nitrogen and oxygen atoms in total. The van der Waals surface area contributed by atoms with Crippen LogP contribution in [0, 0.1) is 0 Å². The normalized spacial score (nSPS) is 12.5. The molecular weight excluding hydrogens is 214 g/mol. The minimum absolute atomic E-state index is 0.0494. The maximum atomic E-state index is 10.9. The van der Waals surface area contributed by atoms with E-state index < -0.39 is 0 Å². The third kappa shape index (κ3) is 4.54. The fourth-order valence-corrected chi connectivity index (χ4v) is 1.52. The van der Waals surface area contributed by atoms with Crippen molar-refractivity contribution in [2.75, 3.05) is 18.9 Å². The summed E-state index contributed by atoms with van der Waals surface area (Å²) in [5.74, 6) is -0.0494. The lowest BCUT2D eigenvalue weighted by Gasteiger charge is -2.23. The molecule has 0 bridgehead atoms. The number of rotatable bonds is 5. The van der Waals surface area contributed by atoms with E-state index in [4.69, 9.17) is 5.73 Å². The molecule has 0 aliphatic heterocycles. The number of hydrogen-bond donors (Lipinski definition) is 2. The first kappa shape index (κ1) is 13.7. The number of carbonyl (C=O) groups excluding carboxylic acids is 1. The highest BCUT2D eigenvalue weighted by atomic mass is 16.1. The van der Waals surface area contributed by atoms with Crippen molar-refractivity contribution in [1.82, 2.24) is 4.90 Å². The van der Waals surface area contributed by atoms with Crippen molar-refractivity contribution in [1.29, 1.82) is 0 Å². The predicted octanol–water partition coefficient (Wildman–Crippen LogP) is 1.42. The Hall–Kier alpha value is -1.39. The van der Waals surface area contributed by atoms with Crippen LogP contribution in [0.5, 0.6) is 0 Å². The fraction of sp³-hybridized carbons (Fsp3) is 0.462. The van der Waals surface area contributed by atoms with E-state index in [-0.39, 0.29) is 5.91 Å². The van der Waals surface area contributed by atoms with Gasteiger partial charge in [0.25, 0.3) is 0 Å². The lowest BCUT2D eigenvalue weighted by atomic mass is 10.1. The van der Waals surface area contributed by atoms with Gasteiger partial charge in [-0.3, -0.25) is 9.69 Å². The highest BCUT2D eigenvalue weighted by Crippen LogP contribution is 2.11. The van der Waals surface area contributed by atoms with Gasteiger partial charge in [0.05, 0.1) is 0 Å². The SMILES string of the molecule is CC(=O)Nc1ccc(CN(C)C(C)CN)cc1. The summed E-state index contributed by atoms with van der Waals surface area (Å²) in [5, 5.41) is 2.75. The molecule has 0 aliphatic rings. The topological polar surface area (TPSA) is 58.4 Å². The number of nitrogens with two attached hydrogens (primary N) is 1. The Labute approximate surface area is 103 Å². The highest BCUT2D eigenvalue weighted by molar-refractivity contribution is 5.88. The minimum atomic E-state index is -0.0494. The summed E-state index contributed by atoms with van der Waals surface area (Å²) >= 11 is 0. The molecule has 1 amide bonds. The van der Waals surface area contributed by atoms with Crippen LogP contribution < -0.4 is 11.1 Å². The largest absolute Gasteiger partial charge is 0.329 e. The quantitative estimate of drug-likeness (QED) is 0.811. The van der Waals surface area contributed by atoms with E-state index in [1.165, 1.54) is 12.5 Å². The van der Waals surface area contributed by atoms with Crippen LogP contribution in [-0.4, -0.2) is 30.4 Å². The van der Waals surface area contributed by atoms with E-state index in [9.17, 15) is 4.79 Å². The van der Waals surface area contributed by atoms with Gasteiger partial charge < -0.3 is 11.1 Å². The van der Waals surface area contributed by atoms with E-state index >= 15 is 0 Å². The average molecular weight is 235 g/mol. The molecule has 0 fully saturated rings. The lowest BCUT2D eigenvalue weighted by molar-refractivity contribution is -0.114. The summed E-state index contributed by atoms with van der Waals surface area (Å²) in [6.07, 6.45) is 0. The molecule has 0 radical (unpaired) electrons. The molecular formula is C13H21N3O. The van der Waals surface area contributed by atoms with Crippen LogP contribution in [0.3, 0.4) is 0 Å². The Bertz CT molecular complexity index is 361. The summed E-state index contributed by atoms with van der Waals surface area (Å²) in [4.78, 5) is 13.1. The second-order valence-electron chi connectivity index (χ2n) is 4.38. The number of likely N-dealkylation sites (N-methyl/N-ethyl adjacent to an activating group) is 1. The molecule has 1 aromatic rings. The Morgan fingerprint density at radius 1 is 1.41 bits per heavy atom. The number of benzene rings is 1. The molecule has 0 saturated heterocycles. The molecule has 0 heterocycles. The van der Waals surface area contributed by atoms with E-state index in [0.29, 0.717) is 12.6 Å². The molecule has 0 saturated carbocycles. The molecule has 3 N–H and O–H groups in total. The summed E-state index contributed by atoms with van der Waals surface area (Å²) in [6.45, 7) is 5.12. The highest BCUT2D eigenvalue weighted by Gasteiger charge is 2.07. The second kappa shape index (κ2) is 6.37. The first-order valence-electron chi connectivity index (χ1n) is 5.79. The summed E-state index contributed by atoms with van der Waals surface area (Å²) in [6, 6.07) is 8.23. The summed E-state index contributed by atoms with van der Waals surface area (Å²) < 4.78 is 0. The van der Waals surface area contributed by atoms with Gasteiger partial charge in [0.15, 0.2) is 0 Å². The third-order valence-corrected chi connectivity index (χ3v) is 2.80. The van der Waals surface area contributed by atoms with Gasteiger partial charge in [-0.2, -0.15) is 0 Å². The predicted molar refractivity (Wildman–Crippen MR) is 70.7 cm³/mol. The van der Waals surface area contributed by atoms with Crippen molar-refractivity contribution in [2.45, 2.75) is 26.4 Å². The van der Waals surface area contributed by atoms with Crippen LogP contribution in [0.15, 0.2) is 24.3 Å². The number of anilines is 1. The molecule has 94 valence electrons. The van der Waals surface area contributed by atoms with Crippen molar-refractivity contribution in [3.8, 4) is 0 Å². The number of carbonyl (C=O) groups is 1. The van der Waals surface area contributed by atoms with Crippen molar-refractivity contribution >= 4 is 11.6 Å². The van der Waals surface area contributed by atoms with Gasteiger partial charge in [-0.05, 0) is 31.7 Å². The van der Waals surface area contributed by atoms with E-state index in [1.807, 2.05) is 24.3 Å². The Balaban J connectivity index is 2.59. The standard InChI is InChI=1S/C13H21N3O/c1-10(8-14)16(3)9-12-4-6-13(7-5-12)15-11(2)17/h4-7,10H,8-9,14H2,1-3H3,(H,15,17). The first-order valence-corrected chi connectivity index (χ1v) is 5.79. The zero-order valence-electron chi connectivity index (χ0n) is 10.7. The van der Waals surface area contributed by atoms with Crippen LogP contribution in [0.25, 0.3) is 0 Å². The molecule has 17 heavy (non-hydrogen) atoms. The molecule has 4 heteroatoms. The van der Waals surface area contributed by atoms with Crippen LogP contribution >= 0.6 is 0 Å². The van der Waals surface area contributed by atoms with Crippen LogP contribution in [0.1, 0.15) is 19.4 Å². The van der Waals surface area contributed by atoms with Gasteiger partial charge in [-0.15, -0.1) is 0 Å². The lowest BCUT2D eigenvalue weighted by Crippen LogP contribution is -2.34. The molecule has 1 atom stereocenters. The van der Waals surface area contributed by atoms with Gasteiger partial charge in [0.2, 0.25) is 5.91 Å². The summed E-state index contributed by atoms with van der Waals surface area (Å²) in [7, 11) is 2.05. The van der Waals surface area contributed by atoms with Gasteiger partial charge >= 0.3 is 0 Å². The average Bonchev–Trinajstić information content (AvgIpc) is 2.30. The maximum absolute atomic E-state index is 10.9. The minimum Gasteiger partial charge on any atom is -0.329 e. The smallest absolute Gasteiger partial charge is 0.221 e. The molecule has 0 aliphatic carbocycles. The zero-order valence-corrected chi connectivity index (χ0v) is 10.7. The van der Waals surface area contributed by atoms with Crippen LogP contribution in [0.2, 0.25) is 0 Å². The zero-order chi connectivity index (χ0) is 12.8. The third-order valence-electron chi connectivity index (χ3n) is 2.80. The fourth-order valence-electron chi connectivity index (χ4n) is 1.52. The molecule has 0 spiro atoms. The van der Waals surface area contributed by atoms with Crippen molar-refractivity contribution in [2.24, 2.45) is 5.73 Å². The first-order chi connectivity index (χ1) is 8.02. The Morgan fingerprint density at radius 2 is 2.00 bits per heavy atom. The van der Waals surface area contributed by atoms with Crippen molar-refractivity contribution < 1.29 is 4.79 Å². The van der Waals surface area contributed by atoms with E-state index in [2.05, 4.69) is 24.2 Å².